The smallest absolute Gasteiger partial charge is 0.243 e. The van der Waals surface area contributed by atoms with E-state index in [1.807, 2.05) is 18.2 Å². The quantitative estimate of drug-likeness (QED) is 0.888. The molecule has 0 aliphatic carbocycles. The molecule has 0 bridgehead atoms. The third-order valence-corrected chi connectivity index (χ3v) is 4.99. The fourth-order valence-corrected chi connectivity index (χ4v) is 3.42. The van der Waals surface area contributed by atoms with Crippen LogP contribution in [-0.4, -0.2) is 47.8 Å². The molecule has 0 radical (unpaired) electrons. The number of carbonyl (C=O) groups is 2. The first-order valence-electron chi connectivity index (χ1n) is 8.94. The molecule has 6 heteroatoms. The van der Waals surface area contributed by atoms with E-state index in [0.29, 0.717) is 19.4 Å². The first kappa shape index (κ1) is 17.6. The number of unbranched alkanes of at least 4 members (excludes halogenated alkanes) is 1. The van der Waals surface area contributed by atoms with Gasteiger partial charge in [-0.1, -0.05) is 19.4 Å². The zero-order chi connectivity index (χ0) is 18.0. The van der Waals surface area contributed by atoms with Crippen LogP contribution in [0.3, 0.4) is 0 Å². The molecule has 1 atom stereocenters. The molecular weight excluding hydrogens is 318 g/mol. The van der Waals surface area contributed by atoms with Crippen molar-refractivity contribution >= 4 is 23.2 Å². The largest absolute Gasteiger partial charge is 0.396 e. The van der Waals surface area contributed by atoms with Gasteiger partial charge in [-0.25, -0.2) is 5.01 Å². The van der Waals surface area contributed by atoms with Crippen molar-refractivity contribution in [2.45, 2.75) is 39.0 Å². The second-order valence-electron chi connectivity index (χ2n) is 6.74. The molecule has 2 amide bonds. The molecule has 0 aromatic heterocycles. The van der Waals surface area contributed by atoms with Gasteiger partial charge >= 0.3 is 0 Å². The first-order valence-corrected chi connectivity index (χ1v) is 8.94. The summed E-state index contributed by atoms with van der Waals surface area (Å²) in [6.07, 6.45) is 3.40. The van der Waals surface area contributed by atoms with Crippen molar-refractivity contribution in [3.05, 3.63) is 29.3 Å². The molecule has 0 saturated carbocycles. The number of aliphatic hydroxyl groups is 1. The predicted octanol–water partition coefficient (Wildman–Crippen LogP) is 1.94. The highest BCUT2D eigenvalue weighted by atomic mass is 16.3. The zero-order valence-corrected chi connectivity index (χ0v) is 14.9. The Labute approximate surface area is 148 Å². The maximum Gasteiger partial charge on any atom is 0.243 e. The third-order valence-electron chi connectivity index (χ3n) is 4.99. The molecule has 1 aromatic rings. The lowest BCUT2D eigenvalue weighted by Gasteiger charge is -2.30. The van der Waals surface area contributed by atoms with E-state index in [2.05, 4.69) is 12.0 Å². The molecule has 2 aliphatic heterocycles. The molecular formula is C19H25N3O3. The minimum Gasteiger partial charge on any atom is -0.396 e. The van der Waals surface area contributed by atoms with E-state index in [-0.39, 0.29) is 30.8 Å². The summed E-state index contributed by atoms with van der Waals surface area (Å²) in [4.78, 5) is 25.8. The van der Waals surface area contributed by atoms with Crippen LogP contribution in [0, 0.1) is 5.92 Å². The van der Waals surface area contributed by atoms with Crippen molar-refractivity contribution in [2.24, 2.45) is 11.0 Å². The van der Waals surface area contributed by atoms with Crippen LogP contribution in [0.1, 0.15) is 43.7 Å². The van der Waals surface area contributed by atoms with Gasteiger partial charge in [-0.3, -0.25) is 9.59 Å². The summed E-state index contributed by atoms with van der Waals surface area (Å²) in [5.41, 5.74) is 3.72. The van der Waals surface area contributed by atoms with E-state index in [0.717, 1.165) is 35.4 Å². The van der Waals surface area contributed by atoms with E-state index in [9.17, 15) is 14.7 Å². The number of carbonyl (C=O) groups excluding carboxylic acids is 2. The van der Waals surface area contributed by atoms with Crippen LogP contribution in [0.25, 0.3) is 0 Å². The highest BCUT2D eigenvalue weighted by molar-refractivity contribution is 6.07. The summed E-state index contributed by atoms with van der Waals surface area (Å²) in [6.45, 7) is 2.59. The number of anilines is 1. The van der Waals surface area contributed by atoms with Crippen LogP contribution in [0.2, 0.25) is 0 Å². The van der Waals surface area contributed by atoms with E-state index in [1.165, 1.54) is 0 Å². The van der Waals surface area contributed by atoms with Crippen LogP contribution < -0.4 is 4.90 Å². The lowest BCUT2D eigenvalue weighted by molar-refractivity contribution is -0.133. The van der Waals surface area contributed by atoms with Crippen LogP contribution in [-0.2, 0) is 16.0 Å². The molecule has 1 N–H and O–H groups in total. The Morgan fingerprint density at radius 2 is 2.04 bits per heavy atom. The van der Waals surface area contributed by atoms with Gasteiger partial charge in [0.05, 0.1) is 12.3 Å². The number of nitrogens with zero attached hydrogens (tertiary/aromatic N) is 3. The van der Waals surface area contributed by atoms with E-state index in [1.54, 1.807) is 17.0 Å². The number of rotatable bonds is 5. The summed E-state index contributed by atoms with van der Waals surface area (Å²) in [5, 5.41) is 15.8. The van der Waals surface area contributed by atoms with Gasteiger partial charge in [-0.05, 0) is 36.1 Å². The number of aryl methyl sites for hydroxylation is 1. The molecule has 6 nitrogen and oxygen atoms in total. The Morgan fingerprint density at radius 1 is 1.24 bits per heavy atom. The summed E-state index contributed by atoms with van der Waals surface area (Å²) in [7, 11) is 1.79. The summed E-state index contributed by atoms with van der Waals surface area (Å²) in [5.74, 6) is -0.175. The van der Waals surface area contributed by atoms with Crippen molar-refractivity contribution < 1.29 is 14.7 Å². The van der Waals surface area contributed by atoms with Gasteiger partial charge in [-0.2, -0.15) is 5.10 Å². The minimum absolute atomic E-state index is 0.0282. The first-order chi connectivity index (χ1) is 12.0. The molecule has 0 saturated heterocycles. The number of benzene rings is 1. The number of aliphatic hydroxyl groups excluding tert-OH is 1. The number of amides is 2. The molecule has 1 aromatic carbocycles. The van der Waals surface area contributed by atoms with Crippen LogP contribution in [0.15, 0.2) is 23.3 Å². The van der Waals surface area contributed by atoms with Crippen LogP contribution in [0.5, 0.6) is 0 Å². The van der Waals surface area contributed by atoms with Gasteiger partial charge in [0, 0.05) is 38.0 Å². The minimum atomic E-state index is -0.272. The second kappa shape index (κ2) is 7.35. The average molecular weight is 343 g/mol. The highest BCUT2D eigenvalue weighted by Gasteiger charge is 2.30. The van der Waals surface area contributed by atoms with Gasteiger partial charge < -0.3 is 10.0 Å². The Hall–Kier alpha value is -2.21. The molecule has 1 unspecified atom stereocenters. The van der Waals surface area contributed by atoms with Gasteiger partial charge in [0.25, 0.3) is 0 Å². The topological polar surface area (TPSA) is 73.2 Å². The van der Waals surface area contributed by atoms with Crippen molar-refractivity contribution in [3.8, 4) is 0 Å². The lowest BCUT2D eigenvalue weighted by Crippen LogP contribution is -2.39. The van der Waals surface area contributed by atoms with Crippen LogP contribution in [0.4, 0.5) is 5.69 Å². The number of fused-ring (bicyclic) bond motifs is 1. The fraction of sp³-hybridized carbons (Fsp3) is 0.526. The van der Waals surface area contributed by atoms with Crippen molar-refractivity contribution in [2.75, 3.05) is 25.1 Å². The molecule has 2 heterocycles. The standard InChI is InChI=1S/C19H25N3O3/c1-3-4-9-22-18(25)11-15(12-23)19(20-22)14-5-7-16-13(10-14)6-8-17(24)21(16)2/h5,7,10,15,23H,3-4,6,8-9,11-12H2,1-2H3. The number of hydrogen-bond acceptors (Lipinski definition) is 4. The highest BCUT2D eigenvalue weighted by Crippen LogP contribution is 2.30. The Morgan fingerprint density at radius 3 is 2.76 bits per heavy atom. The monoisotopic (exact) mass is 343 g/mol. The Bertz CT molecular complexity index is 714. The lowest BCUT2D eigenvalue weighted by atomic mass is 9.90. The average Bonchev–Trinajstić information content (AvgIpc) is 2.63. The van der Waals surface area contributed by atoms with Crippen molar-refractivity contribution in [3.63, 3.8) is 0 Å². The molecule has 134 valence electrons. The predicted molar refractivity (Wildman–Crippen MR) is 96.5 cm³/mol. The van der Waals surface area contributed by atoms with Gasteiger partial charge in [-0.15, -0.1) is 0 Å². The van der Waals surface area contributed by atoms with E-state index < -0.39 is 0 Å². The normalized spacial score (nSPS) is 20.6. The maximum atomic E-state index is 12.2. The SMILES string of the molecule is CCCCN1N=C(c2ccc3c(c2)CCC(=O)N3C)C(CO)CC1=O. The van der Waals surface area contributed by atoms with E-state index in [4.69, 9.17) is 0 Å². The molecule has 0 spiro atoms. The van der Waals surface area contributed by atoms with Crippen LogP contribution >= 0.6 is 0 Å². The fourth-order valence-electron chi connectivity index (χ4n) is 3.42. The maximum absolute atomic E-state index is 12.2. The summed E-state index contributed by atoms with van der Waals surface area (Å²) in [6, 6.07) is 5.92. The number of hydrogen-bond donors (Lipinski definition) is 1. The van der Waals surface area contributed by atoms with Gasteiger partial charge in [0.1, 0.15) is 0 Å². The zero-order valence-electron chi connectivity index (χ0n) is 14.9. The molecule has 2 aliphatic rings. The van der Waals surface area contributed by atoms with Crippen molar-refractivity contribution in [1.82, 2.24) is 5.01 Å². The molecule has 3 rings (SSSR count). The Kier molecular flexibility index (Phi) is 5.18. The van der Waals surface area contributed by atoms with Gasteiger partial charge in [0.15, 0.2) is 0 Å². The summed E-state index contributed by atoms with van der Waals surface area (Å²) < 4.78 is 0. The van der Waals surface area contributed by atoms with Crippen molar-refractivity contribution in [1.29, 1.82) is 0 Å². The second-order valence-corrected chi connectivity index (χ2v) is 6.74. The third kappa shape index (κ3) is 3.44. The van der Waals surface area contributed by atoms with Gasteiger partial charge in [0.2, 0.25) is 11.8 Å². The molecule has 25 heavy (non-hydrogen) atoms. The van der Waals surface area contributed by atoms with E-state index >= 15 is 0 Å². The Balaban J connectivity index is 1.95. The molecule has 0 fully saturated rings. The summed E-state index contributed by atoms with van der Waals surface area (Å²) >= 11 is 0. The number of hydrazone groups is 1.